The lowest BCUT2D eigenvalue weighted by atomic mass is 9.88. The zero-order valence-electron chi connectivity index (χ0n) is 12.5. The van der Waals surface area contributed by atoms with E-state index < -0.39 is 6.04 Å². The first kappa shape index (κ1) is 16.3. The van der Waals surface area contributed by atoms with Gasteiger partial charge in [-0.25, -0.2) is 0 Å². The minimum absolute atomic E-state index is 0.0410. The molecule has 1 unspecified atom stereocenters. The summed E-state index contributed by atoms with van der Waals surface area (Å²) in [5.74, 6) is 0.494. The smallest absolute Gasteiger partial charge is 0.279 e. The Kier molecular flexibility index (Phi) is 4.92. The van der Waals surface area contributed by atoms with Crippen LogP contribution in [0.1, 0.15) is 23.2 Å². The molecule has 2 saturated heterocycles. The van der Waals surface area contributed by atoms with Crippen LogP contribution in [0.4, 0.5) is 4.79 Å². The molecular weight excluding hydrogens is 336 g/mol. The molecule has 122 valence electrons. The van der Waals surface area contributed by atoms with Gasteiger partial charge in [0.05, 0.1) is 0 Å². The maximum Gasteiger partial charge on any atom is 0.279 e. The molecule has 1 aromatic rings. The Balaban J connectivity index is 1.55. The molecule has 2 fully saturated rings. The molecule has 2 amide bonds. The van der Waals surface area contributed by atoms with Crippen molar-refractivity contribution in [1.29, 1.82) is 0 Å². The fraction of sp³-hybridized carbons (Fsp3) is 0.438. The predicted octanol–water partition coefficient (Wildman–Crippen LogP) is 2.59. The molecule has 5 nitrogen and oxygen atoms in total. The largest absolute Gasteiger partial charge is 0.341 e. The van der Waals surface area contributed by atoms with Crippen LogP contribution in [0.3, 0.4) is 0 Å². The van der Waals surface area contributed by atoms with Gasteiger partial charge in [0.2, 0.25) is 5.91 Å². The number of ketones is 1. The Hall–Kier alpha value is -1.53. The van der Waals surface area contributed by atoms with Gasteiger partial charge in [-0.15, -0.1) is 0 Å². The third kappa shape index (κ3) is 3.70. The second kappa shape index (κ2) is 6.93. The van der Waals surface area contributed by atoms with Gasteiger partial charge in [0.25, 0.3) is 5.24 Å². The maximum atomic E-state index is 12.5. The van der Waals surface area contributed by atoms with Gasteiger partial charge in [-0.3, -0.25) is 14.4 Å². The number of hydrogen-bond donors (Lipinski definition) is 1. The monoisotopic (exact) mass is 352 g/mol. The predicted molar refractivity (Wildman–Crippen MR) is 89.9 cm³/mol. The number of likely N-dealkylation sites (tertiary alicyclic amines) is 1. The quantitative estimate of drug-likeness (QED) is 0.849. The fourth-order valence-corrected chi connectivity index (χ4v) is 3.85. The molecule has 0 bridgehead atoms. The van der Waals surface area contributed by atoms with Crippen molar-refractivity contribution in [2.24, 2.45) is 5.92 Å². The first-order valence-electron chi connectivity index (χ1n) is 7.56. The Morgan fingerprint density at radius 2 is 1.83 bits per heavy atom. The van der Waals surface area contributed by atoms with Crippen LogP contribution in [-0.4, -0.2) is 46.7 Å². The summed E-state index contributed by atoms with van der Waals surface area (Å²) in [6.45, 7) is 1.11. The molecule has 2 heterocycles. The highest BCUT2D eigenvalue weighted by atomic mass is 35.5. The lowest BCUT2D eigenvalue weighted by molar-refractivity contribution is -0.133. The number of carbonyl (C=O) groups excluding carboxylic acids is 3. The number of nitrogens with one attached hydrogen (secondary N) is 1. The Bertz CT molecular complexity index is 627. The highest BCUT2D eigenvalue weighted by Gasteiger charge is 2.34. The van der Waals surface area contributed by atoms with E-state index >= 15 is 0 Å². The Morgan fingerprint density at radius 3 is 2.39 bits per heavy atom. The van der Waals surface area contributed by atoms with E-state index in [9.17, 15) is 14.4 Å². The zero-order chi connectivity index (χ0) is 16.4. The average Bonchev–Trinajstić information content (AvgIpc) is 3.01. The number of hydrogen-bond acceptors (Lipinski definition) is 4. The Morgan fingerprint density at radius 1 is 1.17 bits per heavy atom. The van der Waals surface area contributed by atoms with Crippen molar-refractivity contribution in [3.05, 3.63) is 34.9 Å². The Labute approximate surface area is 143 Å². The van der Waals surface area contributed by atoms with E-state index in [0.717, 1.165) is 11.8 Å². The number of benzene rings is 1. The summed E-state index contributed by atoms with van der Waals surface area (Å²) >= 11 is 6.98. The van der Waals surface area contributed by atoms with E-state index in [2.05, 4.69) is 5.32 Å². The molecule has 7 heteroatoms. The number of amides is 2. The second-order valence-electron chi connectivity index (χ2n) is 5.77. The topological polar surface area (TPSA) is 66.5 Å². The van der Waals surface area contributed by atoms with Gasteiger partial charge in [-0.1, -0.05) is 23.4 Å². The van der Waals surface area contributed by atoms with Crippen LogP contribution < -0.4 is 5.32 Å². The maximum absolute atomic E-state index is 12.5. The van der Waals surface area contributed by atoms with Gasteiger partial charge < -0.3 is 10.2 Å². The van der Waals surface area contributed by atoms with E-state index in [-0.39, 0.29) is 22.8 Å². The minimum atomic E-state index is -0.420. The van der Waals surface area contributed by atoms with Crippen LogP contribution >= 0.6 is 23.4 Å². The minimum Gasteiger partial charge on any atom is -0.341 e. The second-order valence-corrected chi connectivity index (χ2v) is 7.20. The van der Waals surface area contributed by atoms with Gasteiger partial charge in [0.1, 0.15) is 6.04 Å². The first-order chi connectivity index (χ1) is 11.0. The number of rotatable bonds is 3. The van der Waals surface area contributed by atoms with Crippen LogP contribution in [0.25, 0.3) is 0 Å². The molecule has 2 aliphatic rings. The van der Waals surface area contributed by atoms with Crippen molar-refractivity contribution in [2.75, 3.05) is 18.8 Å². The number of halogens is 1. The number of thioether (sulfide) groups is 1. The van der Waals surface area contributed by atoms with Crippen LogP contribution in [0.5, 0.6) is 0 Å². The number of carbonyl (C=O) groups is 3. The fourth-order valence-electron chi connectivity index (χ4n) is 2.95. The van der Waals surface area contributed by atoms with Gasteiger partial charge in [0.15, 0.2) is 5.78 Å². The molecule has 0 aromatic heterocycles. The van der Waals surface area contributed by atoms with Gasteiger partial charge in [0, 0.05) is 35.3 Å². The summed E-state index contributed by atoms with van der Waals surface area (Å²) in [5.41, 5.74) is 0.665. The third-order valence-electron chi connectivity index (χ3n) is 4.28. The molecule has 0 saturated carbocycles. The van der Waals surface area contributed by atoms with Gasteiger partial charge in [-0.05, 0) is 37.1 Å². The lowest BCUT2D eigenvalue weighted by Crippen LogP contribution is -2.49. The van der Waals surface area contributed by atoms with E-state index in [1.54, 1.807) is 29.2 Å². The van der Waals surface area contributed by atoms with Crippen molar-refractivity contribution < 1.29 is 14.4 Å². The van der Waals surface area contributed by atoms with E-state index in [1.807, 2.05) is 0 Å². The molecule has 23 heavy (non-hydrogen) atoms. The van der Waals surface area contributed by atoms with Crippen LogP contribution in [-0.2, 0) is 4.79 Å². The average molecular weight is 353 g/mol. The van der Waals surface area contributed by atoms with Crippen molar-refractivity contribution in [3.63, 3.8) is 0 Å². The van der Waals surface area contributed by atoms with Crippen molar-refractivity contribution in [2.45, 2.75) is 18.9 Å². The van der Waals surface area contributed by atoms with Crippen LogP contribution in [0.15, 0.2) is 24.3 Å². The molecule has 3 rings (SSSR count). The molecule has 0 radical (unpaired) electrons. The summed E-state index contributed by atoms with van der Waals surface area (Å²) < 4.78 is 0. The van der Waals surface area contributed by atoms with Crippen molar-refractivity contribution in [1.82, 2.24) is 10.2 Å². The summed E-state index contributed by atoms with van der Waals surface area (Å²) in [6.07, 6.45) is 1.31. The highest BCUT2D eigenvalue weighted by molar-refractivity contribution is 8.14. The number of Topliss-reactive ketones (excluding diaryl/α,β-unsaturated/α-hetero) is 1. The van der Waals surface area contributed by atoms with Crippen molar-refractivity contribution >= 4 is 40.3 Å². The highest BCUT2D eigenvalue weighted by Crippen LogP contribution is 2.24. The van der Waals surface area contributed by atoms with E-state index in [1.165, 1.54) is 0 Å². The standard InChI is InChI=1S/C16H17ClN2O3S/c17-12-3-1-10(2-4-12)14(20)11-5-7-19(8-6-11)15(21)13-9-23-16(22)18-13/h1-4,11,13H,5-9H2,(H,18,22). The third-order valence-corrected chi connectivity index (χ3v) is 5.41. The molecule has 1 aromatic carbocycles. The summed E-state index contributed by atoms with van der Waals surface area (Å²) in [7, 11) is 0. The summed E-state index contributed by atoms with van der Waals surface area (Å²) in [4.78, 5) is 37.8. The van der Waals surface area contributed by atoms with E-state index in [0.29, 0.717) is 42.3 Å². The molecule has 0 spiro atoms. The normalized spacial score (nSPS) is 22.0. The van der Waals surface area contributed by atoms with Gasteiger partial charge >= 0.3 is 0 Å². The van der Waals surface area contributed by atoms with Crippen LogP contribution in [0.2, 0.25) is 5.02 Å². The van der Waals surface area contributed by atoms with Crippen molar-refractivity contribution in [3.8, 4) is 0 Å². The SMILES string of the molecule is O=C1NC(C(=O)N2CCC(C(=O)c3ccc(Cl)cc3)CC2)CS1. The molecule has 1 N–H and O–H groups in total. The zero-order valence-corrected chi connectivity index (χ0v) is 14.0. The van der Waals surface area contributed by atoms with Gasteiger partial charge in [-0.2, -0.15) is 0 Å². The molecule has 1 atom stereocenters. The molecule has 0 aliphatic carbocycles. The number of piperidine rings is 1. The lowest BCUT2D eigenvalue weighted by Gasteiger charge is -2.32. The summed E-state index contributed by atoms with van der Waals surface area (Å²) in [5, 5.41) is 3.14. The first-order valence-corrected chi connectivity index (χ1v) is 8.93. The summed E-state index contributed by atoms with van der Waals surface area (Å²) in [6, 6.07) is 6.50. The van der Waals surface area contributed by atoms with Crippen LogP contribution in [0, 0.1) is 5.92 Å². The van der Waals surface area contributed by atoms with E-state index in [4.69, 9.17) is 11.6 Å². The molecule has 2 aliphatic heterocycles. The number of nitrogens with zero attached hydrogens (tertiary/aromatic N) is 1. The molecular formula is C16H17ClN2O3S.